The lowest BCUT2D eigenvalue weighted by Crippen LogP contribution is -2.76. The lowest BCUT2D eigenvalue weighted by molar-refractivity contribution is -0.610. The summed E-state index contributed by atoms with van der Waals surface area (Å²) >= 11 is 0. The van der Waals surface area contributed by atoms with E-state index in [1.165, 1.54) is 0 Å². The van der Waals surface area contributed by atoms with Crippen LogP contribution in [0.4, 0.5) is 158 Å². The second kappa shape index (κ2) is 13.7. The first kappa shape index (κ1) is 54.3. The first-order chi connectivity index (χ1) is 23.8. The molecule has 0 aromatic carbocycles. The first-order valence-electron chi connectivity index (χ1n) is 11.4. The Kier molecular flexibility index (Phi) is 13.0. The quantitative estimate of drug-likeness (QED) is 0.163. The minimum Gasteiger partial charge on any atom is -0.266 e. The Morgan fingerprint density at radius 2 is 0.368 bits per heavy atom. The fraction of sp³-hybridized carbons (Fsp3) is 1.00. The maximum absolute atomic E-state index is 14.5. The van der Waals surface area contributed by atoms with E-state index in [2.05, 4.69) is 0 Å². The van der Waals surface area contributed by atoms with E-state index in [-0.39, 0.29) is 0 Å². The lowest BCUT2D eigenvalue weighted by atomic mass is 9.82. The highest BCUT2D eigenvalue weighted by molar-refractivity contribution is 5.09. The van der Waals surface area contributed by atoms with Crippen molar-refractivity contribution in [3.8, 4) is 0 Å². The van der Waals surface area contributed by atoms with Crippen molar-refractivity contribution in [1.82, 2.24) is 0 Å². The molecule has 0 aromatic heterocycles. The molecule has 0 rings (SSSR count). The predicted molar refractivity (Wildman–Crippen MR) is 90.4 cm³/mol. The summed E-state index contributed by atoms with van der Waals surface area (Å²) in [6, 6.07) is 0. The van der Waals surface area contributed by atoms with Gasteiger partial charge in [0.2, 0.25) is 0 Å². The molecule has 40 heteroatoms. The number of ether oxygens (including phenoxy) is 4. The maximum Gasteiger partial charge on any atom is 0.462 e. The van der Waals surface area contributed by atoms with E-state index in [1.54, 1.807) is 0 Å². The van der Waals surface area contributed by atoms with E-state index in [0.29, 0.717) is 18.9 Å². The minimum absolute atomic E-state index is 0.526. The molecule has 2 atom stereocenters. The van der Waals surface area contributed by atoms with E-state index >= 15 is 0 Å². The second-order valence-corrected chi connectivity index (χ2v) is 9.58. The van der Waals surface area contributed by atoms with Gasteiger partial charge in [0.1, 0.15) is 0 Å². The van der Waals surface area contributed by atoms with Crippen molar-refractivity contribution >= 4 is 0 Å². The molecule has 0 radical (unpaired) electrons. The zero-order valence-electron chi connectivity index (χ0n) is 23.7. The Balaban J connectivity index is 8.36. The summed E-state index contributed by atoms with van der Waals surface area (Å²) in [7, 11) is 0. The maximum atomic E-state index is 14.5. The molecule has 57 heavy (non-hydrogen) atoms. The highest BCUT2D eigenvalue weighted by Gasteiger charge is 2.99. The van der Waals surface area contributed by atoms with Crippen LogP contribution in [0.5, 0.6) is 0 Å². The van der Waals surface area contributed by atoms with Crippen molar-refractivity contribution in [3.63, 3.8) is 0 Å². The van der Waals surface area contributed by atoms with Crippen molar-refractivity contribution in [2.24, 2.45) is 5.41 Å². The summed E-state index contributed by atoms with van der Waals surface area (Å²) in [4.78, 5) is 0. The Labute approximate surface area is 281 Å². The van der Waals surface area contributed by atoms with Gasteiger partial charge in [-0.1, -0.05) is 0 Å². The smallest absolute Gasteiger partial charge is 0.266 e. The van der Waals surface area contributed by atoms with Crippen LogP contribution in [0.25, 0.3) is 0 Å². The van der Waals surface area contributed by atoms with Crippen molar-refractivity contribution < 1.29 is 177 Å². The highest BCUT2D eigenvalue weighted by atomic mass is 19.5. The number of rotatable bonds is 14. The third-order valence-corrected chi connectivity index (χ3v) is 5.69. The molecular formula is C17F36O4. The molecule has 0 spiro atoms. The molecule has 2 unspecified atom stereocenters. The predicted octanol–water partition coefficient (Wildman–Crippen LogP) is 11.6. The molecule has 0 N–H and O–H groups in total. The molecule has 0 fully saturated rings. The molecule has 0 saturated heterocycles. The summed E-state index contributed by atoms with van der Waals surface area (Å²) in [5.41, 5.74) is -10.5. The lowest BCUT2D eigenvalue weighted by Gasteiger charge is -2.48. The average molecular weight is 952 g/mol. The third-order valence-electron chi connectivity index (χ3n) is 5.69. The standard InChI is InChI=1S/C17F36O4/c18-2(19,8(30,31)32)14(46,47)56-16(50,51)4(22,10(36,37)38)54-12(42,43)1(6(24,25)26,7(27,28)29)13(44,45)55-5(23,11(39,40)41)17(52,53)57-15(48,49)3(20,21)9(33,34)35. The molecule has 0 bridgehead atoms. The van der Waals surface area contributed by atoms with Crippen molar-refractivity contribution in [3.05, 3.63) is 0 Å². The van der Waals surface area contributed by atoms with Gasteiger partial charge in [0.05, 0.1) is 0 Å². The average Bonchev–Trinajstić information content (AvgIpc) is 2.81. The van der Waals surface area contributed by atoms with Gasteiger partial charge >= 0.3 is 103 Å². The number of hydrogen-bond acceptors (Lipinski definition) is 4. The van der Waals surface area contributed by atoms with E-state index in [0.717, 1.165) is 0 Å². The molecule has 0 heterocycles. The van der Waals surface area contributed by atoms with Crippen LogP contribution in [0.3, 0.4) is 0 Å². The van der Waals surface area contributed by atoms with E-state index < -0.39 is 103 Å². The van der Waals surface area contributed by atoms with Gasteiger partial charge in [0, 0.05) is 0 Å². The molecule has 0 aliphatic heterocycles. The normalized spacial score (nSPS) is 18.7. The van der Waals surface area contributed by atoms with Crippen molar-refractivity contribution in [2.45, 2.75) is 97.3 Å². The van der Waals surface area contributed by atoms with Crippen LogP contribution in [-0.2, 0) is 18.9 Å². The Morgan fingerprint density at radius 1 is 0.175 bits per heavy atom. The van der Waals surface area contributed by atoms with Crippen molar-refractivity contribution in [2.75, 3.05) is 0 Å². The Hall–Kier alpha value is -2.68. The van der Waals surface area contributed by atoms with Gasteiger partial charge in [-0.25, -0.2) is 9.47 Å². The zero-order valence-corrected chi connectivity index (χ0v) is 23.7. The van der Waals surface area contributed by atoms with E-state index in [1.807, 2.05) is 0 Å². The van der Waals surface area contributed by atoms with Crippen LogP contribution in [0, 0.1) is 5.41 Å². The van der Waals surface area contributed by atoms with Crippen LogP contribution in [0.15, 0.2) is 0 Å². The van der Waals surface area contributed by atoms with Gasteiger partial charge in [0.15, 0.2) is 0 Å². The largest absolute Gasteiger partial charge is 0.462 e. The van der Waals surface area contributed by atoms with Crippen LogP contribution < -0.4 is 0 Å². The SMILES string of the molecule is FC(F)(F)C(F)(F)C(F)(F)OC(F)(F)C(F)(OC(F)(F)C(C(F)(F)F)(C(F)(F)F)C(F)(F)OC(F)(C(F)(F)F)C(F)(F)OC(F)(F)C(F)(F)C(F)(F)F)C(F)(F)F. The molecule has 0 aromatic rings. The summed E-state index contributed by atoms with van der Waals surface area (Å²) in [5, 5.41) is 0. The molecule has 0 amide bonds. The molecule has 0 aliphatic carbocycles. The van der Waals surface area contributed by atoms with Gasteiger partial charge in [-0.3, -0.25) is 9.47 Å². The summed E-state index contributed by atoms with van der Waals surface area (Å²) in [6.45, 7) is 0. The van der Waals surface area contributed by atoms with Gasteiger partial charge in [0.25, 0.3) is 0 Å². The highest BCUT2D eigenvalue weighted by Crippen LogP contribution is 2.70. The topological polar surface area (TPSA) is 36.9 Å². The van der Waals surface area contributed by atoms with Gasteiger partial charge < -0.3 is 0 Å². The Bertz CT molecular complexity index is 1300. The fourth-order valence-electron chi connectivity index (χ4n) is 2.97. The van der Waals surface area contributed by atoms with E-state index in [9.17, 15) is 158 Å². The molecule has 4 nitrogen and oxygen atoms in total. The Morgan fingerprint density at radius 3 is 0.509 bits per heavy atom. The third kappa shape index (κ3) is 8.40. The summed E-state index contributed by atoms with van der Waals surface area (Å²) < 4.78 is 481. The fourth-order valence-corrected chi connectivity index (χ4v) is 2.97. The van der Waals surface area contributed by atoms with Gasteiger partial charge in [-0.05, 0) is 0 Å². The van der Waals surface area contributed by atoms with E-state index in [4.69, 9.17) is 0 Å². The minimum atomic E-state index is -10.5. The summed E-state index contributed by atoms with van der Waals surface area (Å²) in [5.74, 6) is -36.3. The number of alkyl halides is 36. The molecule has 0 aliphatic rings. The van der Waals surface area contributed by atoms with Crippen LogP contribution in [0.2, 0.25) is 0 Å². The van der Waals surface area contributed by atoms with Crippen LogP contribution in [0.1, 0.15) is 0 Å². The van der Waals surface area contributed by atoms with Crippen molar-refractivity contribution in [1.29, 1.82) is 0 Å². The zero-order chi connectivity index (χ0) is 47.3. The first-order valence-corrected chi connectivity index (χ1v) is 11.4. The van der Waals surface area contributed by atoms with Crippen LogP contribution >= 0.6 is 0 Å². The second-order valence-electron chi connectivity index (χ2n) is 9.58. The summed E-state index contributed by atoms with van der Waals surface area (Å²) in [6.07, 6.45) is -111. The number of halogens is 36. The van der Waals surface area contributed by atoms with Crippen LogP contribution in [-0.4, -0.2) is 97.3 Å². The monoisotopic (exact) mass is 952 g/mol. The molecule has 344 valence electrons. The number of hydrogen-bond donors (Lipinski definition) is 0. The van der Waals surface area contributed by atoms with Gasteiger partial charge in [-0.15, -0.1) is 0 Å². The molecule has 0 saturated carbocycles. The molecular weight excluding hydrogens is 952 g/mol. The van der Waals surface area contributed by atoms with Gasteiger partial charge in [-0.2, -0.15) is 158 Å².